The third-order valence-electron chi connectivity index (χ3n) is 4.53. The van der Waals surface area contributed by atoms with E-state index in [0.29, 0.717) is 12.3 Å². The monoisotopic (exact) mass is 328 g/mol. The van der Waals surface area contributed by atoms with Crippen molar-refractivity contribution in [2.45, 2.75) is 39.5 Å². The maximum absolute atomic E-state index is 12.3. The number of aromatic nitrogens is 1. The van der Waals surface area contributed by atoms with Gasteiger partial charge in [-0.1, -0.05) is 31.2 Å². The third-order valence-corrected chi connectivity index (χ3v) is 5.46. The van der Waals surface area contributed by atoms with Gasteiger partial charge in [0.1, 0.15) is 5.01 Å². The van der Waals surface area contributed by atoms with Crippen LogP contribution in [0.4, 0.5) is 0 Å². The molecule has 3 nitrogen and oxygen atoms in total. The van der Waals surface area contributed by atoms with Crippen LogP contribution in [0.15, 0.2) is 29.6 Å². The van der Waals surface area contributed by atoms with E-state index in [1.54, 1.807) is 11.3 Å². The van der Waals surface area contributed by atoms with Gasteiger partial charge in [-0.3, -0.25) is 4.79 Å². The molecule has 23 heavy (non-hydrogen) atoms. The molecule has 0 radical (unpaired) electrons. The number of hydrogen-bond donors (Lipinski definition) is 0. The Morgan fingerprint density at radius 3 is 3.00 bits per heavy atom. The van der Waals surface area contributed by atoms with E-state index in [0.717, 1.165) is 36.6 Å². The highest BCUT2D eigenvalue weighted by atomic mass is 32.1. The second-order valence-corrected chi connectivity index (χ2v) is 7.40. The topological polar surface area (TPSA) is 33.2 Å². The van der Waals surface area contributed by atoms with Crippen LogP contribution in [0.3, 0.4) is 0 Å². The fraction of sp³-hybridized carbons (Fsp3) is 0.474. The lowest BCUT2D eigenvalue weighted by Gasteiger charge is -2.31. The Morgan fingerprint density at radius 2 is 2.22 bits per heavy atom. The molecule has 1 aromatic carbocycles. The Hall–Kier alpha value is -1.68. The zero-order valence-corrected chi connectivity index (χ0v) is 14.7. The fourth-order valence-corrected chi connectivity index (χ4v) is 4.11. The largest absolute Gasteiger partial charge is 0.342 e. The van der Waals surface area contributed by atoms with Crippen molar-refractivity contribution in [3.05, 3.63) is 40.9 Å². The van der Waals surface area contributed by atoms with Gasteiger partial charge in [-0.15, -0.1) is 11.3 Å². The number of nitrogens with zero attached hydrogens (tertiary/aromatic N) is 2. The lowest BCUT2D eigenvalue weighted by atomic mass is 10.00. The minimum Gasteiger partial charge on any atom is -0.342 e. The quantitative estimate of drug-likeness (QED) is 0.838. The number of rotatable bonds is 4. The van der Waals surface area contributed by atoms with Crippen molar-refractivity contribution in [1.29, 1.82) is 0 Å². The normalized spacial score (nSPS) is 18.2. The molecule has 1 amide bonds. The Kier molecular flexibility index (Phi) is 5.11. The van der Waals surface area contributed by atoms with Crippen LogP contribution < -0.4 is 0 Å². The Labute approximate surface area is 142 Å². The summed E-state index contributed by atoms with van der Waals surface area (Å²) >= 11 is 1.67. The number of carbonyl (C=O) groups is 1. The molecule has 3 rings (SSSR count). The van der Waals surface area contributed by atoms with E-state index in [9.17, 15) is 4.79 Å². The number of hydrogen-bond acceptors (Lipinski definition) is 3. The van der Waals surface area contributed by atoms with Crippen LogP contribution in [-0.4, -0.2) is 28.9 Å². The van der Waals surface area contributed by atoms with Gasteiger partial charge < -0.3 is 4.90 Å². The molecule has 0 N–H and O–H groups in total. The van der Waals surface area contributed by atoms with E-state index >= 15 is 0 Å². The first kappa shape index (κ1) is 16.2. The van der Waals surface area contributed by atoms with E-state index in [1.807, 2.05) is 17.0 Å². The summed E-state index contributed by atoms with van der Waals surface area (Å²) in [6.07, 6.45) is 3.70. The second-order valence-electron chi connectivity index (χ2n) is 6.55. The number of thiazole rings is 1. The van der Waals surface area contributed by atoms with Gasteiger partial charge in [-0.05, 0) is 37.7 Å². The first-order chi connectivity index (χ1) is 11.1. The number of benzene rings is 1. The number of aryl methyl sites for hydroxylation is 2. The molecule has 4 heteroatoms. The number of amides is 1. The SMILES string of the molecule is Cc1ccccc1-c1nc(CCC(=O)N2CCCC(C)C2)cs1. The summed E-state index contributed by atoms with van der Waals surface area (Å²) < 4.78 is 0. The maximum atomic E-state index is 12.3. The molecule has 0 aliphatic carbocycles. The van der Waals surface area contributed by atoms with Crippen LogP contribution in [0.5, 0.6) is 0 Å². The molecule has 1 aliphatic heterocycles. The van der Waals surface area contributed by atoms with E-state index in [1.165, 1.54) is 17.5 Å². The minimum atomic E-state index is 0.280. The predicted molar refractivity (Wildman–Crippen MR) is 95.6 cm³/mol. The van der Waals surface area contributed by atoms with E-state index < -0.39 is 0 Å². The van der Waals surface area contributed by atoms with Crippen molar-refractivity contribution in [3.8, 4) is 10.6 Å². The fourth-order valence-electron chi connectivity index (χ4n) is 3.17. The predicted octanol–water partition coefficient (Wildman–Crippen LogP) is 4.31. The van der Waals surface area contributed by atoms with Crippen LogP contribution in [-0.2, 0) is 11.2 Å². The van der Waals surface area contributed by atoms with Crippen LogP contribution in [0.25, 0.3) is 10.6 Å². The molecule has 1 fully saturated rings. The Morgan fingerprint density at radius 1 is 1.39 bits per heavy atom. The van der Waals surface area contributed by atoms with Crippen molar-refractivity contribution in [1.82, 2.24) is 9.88 Å². The highest BCUT2D eigenvalue weighted by Crippen LogP contribution is 2.27. The first-order valence-corrected chi connectivity index (χ1v) is 9.29. The average Bonchev–Trinajstić information content (AvgIpc) is 3.02. The first-order valence-electron chi connectivity index (χ1n) is 8.41. The van der Waals surface area contributed by atoms with E-state index in [-0.39, 0.29) is 5.91 Å². The van der Waals surface area contributed by atoms with Crippen LogP contribution in [0, 0.1) is 12.8 Å². The molecular weight excluding hydrogens is 304 g/mol. The maximum Gasteiger partial charge on any atom is 0.222 e. The smallest absolute Gasteiger partial charge is 0.222 e. The number of carbonyl (C=O) groups excluding carboxylic acids is 1. The molecule has 2 aromatic rings. The molecule has 122 valence electrons. The lowest BCUT2D eigenvalue weighted by Crippen LogP contribution is -2.39. The van der Waals surface area contributed by atoms with Gasteiger partial charge in [0.15, 0.2) is 0 Å². The second kappa shape index (κ2) is 7.26. The van der Waals surface area contributed by atoms with Crippen molar-refractivity contribution in [3.63, 3.8) is 0 Å². The molecule has 0 spiro atoms. The van der Waals surface area contributed by atoms with Crippen molar-refractivity contribution >= 4 is 17.2 Å². The van der Waals surface area contributed by atoms with Crippen LogP contribution in [0.2, 0.25) is 0 Å². The number of piperidine rings is 1. The highest BCUT2D eigenvalue weighted by molar-refractivity contribution is 7.13. The van der Waals surface area contributed by atoms with Crippen molar-refractivity contribution in [2.75, 3.05) is 13.1 Å². The summed E-state index contributed by atoms with van der Waals surface area (Å²) in [6.45, 7) is 6.19. The van der Waals surface area contributed by atoms with Gasteiger partial charge in [0.05, 0.1) is 5.69 Å². The molecule has 1 aromatic heterocycles. The zero-order valence-electron chi connectivity index (χ0n) is 13.9. The molecule has 0 saturated carbocycles. The standard InChI is InChI=1S/C19H24N2OS/c1-14-6-5-11-21(12-14)18(22)10-9-16-13-23-19(20-16)17-8-4-3-7-15(17)2/h3-4,7-8,13-14H,5-6,9-12H2,1-2H3. The van der Waals surface area contributed by atoms with Crippen molar-refractivity contribution < 1.29 is 4.79 Å². The highest BCUT2D eigenvalue weighted by Gasteiger charge is 2.20. The molecule has 1 saturated heterocycles. The Bertz CT molecular complexity index is 680. The molecule has 1 atom stereocenters. The summed E-state index contributed by atoms with van der Waals surface area (Å²) in [5, 5.41) is 3.14. The molecule has 1 aliphatic rings. The minimum absolute atomic E-state index is 0.280. The molecule has 0 bridgehead atoms. The summed E-state index contributed by atoms with van der Waals surface area (Å²) in [5.74, 6) is 0.918. The van der Waals surface area contributed by atoms with Crippen LogP contribution in [0.1, 0.15) is 37.4 Å². The van der Waals surface area contributed by atoms with E-state index in [4.69, 9.17) is 4.98 Å². The molecule has 2 heterocycles. The van der Waals surface area contributed by atoms with Gasteiger partial charge in [0.2, 0.25) is 5.91 Å². The average molecular weight is 328 g/mol. The number of likely N-dealkylation sites (tertiary alicyclic amines) is 1. The van der Waals surface area contributed by atoms with Gasteiger partial charge in [-0.2, -0.15) is 0 Å². The summed E-state index contributed by atoms with van der Waals surface area (Å²) in [5.41, 5.74) is 3.47. The van der Waals surface area contributed by atoms with Gasteiger partial charge in [0.25, 0.3) is 0 Å². The zero-order chi connectivity index (χ0) is 16.2. The third kappa shape index (κ3) is 3.99. The van der Waals surface area contributed by atoms with Crippen LogP contribution >= 0.6 is 11.3 Å². The Balaban J connectivity index is 1.59. The molecule has 1 unspecified atom stereocenters. The summed E-state index contributed by atoms with van der Waals surface area (Å²) in [4.78, 5) is 19.1. The summed E-state index contributed by atoms with van der Waals surface area (Å²) in [6, 6.07) is 8.31. The van der Waals surface area contributed by atoms with Gasteiger partial charge in [0, 0.05) is 30.5 Å². The van der Waals surface area contributed by atoms with E-state index in [2.05, 4.69) is 31.4 Å². The lowest BCUT2D eigenvalue weighted by molar-refractivity contribution is -0.132. The van der Waals surface area contributed by atoms with Gasteiger partial charge in [-0.25, -0.2) is 4.98 Å². The van der Waals surface area contributed by atoms with Gasteiger partial charge >= 0.3 is 0 Å². The molecular formula is C19H24N2OS. The van der Waals surface area contributed by atoms with Crippen molar-refractivity contribution in [2.24, 2.45) is 5.92 Å². The summed E-state index contributed by atoms with van der Waals surface area (Å²) in [7, 11) is 0.